The van der Waals surface area contributed by atoms with Crippen LogP contribution < -0.4 is 15.8 Å². The van der Waals surface area contributed by atoms with Crippen LogP contribution in [0.5, 0.6) is 5.75 Å². The SMILES string of the molecule is CC[C@]1(c2ccccc2)CC2(N=C(N)NC2=O)c2cc(Br)ccc2O1. The Morgan fingerprint density at radius 3 is 2.68 bits per heavy atom. The standard InChI is InChI=1S/C19H18BrN3O2/c1-2-18(12-6-4-3-5-7-12)11-19(16(24)22-17(21)23-19)14-10-13(20)8-9-15(14)25-18/h3-10H,2,11H2,1H3,(H3,21,22,23,24)/t18-,19?/m1/s1. The fourth-order valence-electron chi connectivity index (χ4n) is 3.78. The third-order valence-corrected chi connectivity index (χ3v) is 5.53. The van der Waals surface area contributed by atoms with E-state index in [9.17, 15) is 4.79 Å². The van der Waals surface area contributed by atoms with E-state index < -0.39 is 11.1 Å². The number of benzene rings is 2. The van der Waals surface area contributed by atoms with Gasteiger partial charge >= 0.3 is 0 Å². The van der Waals surface area contributed by atoms with Gasteiger partial charge in [0, 0.05) is 16.5 Å². The fraction of sp³-hybridized carbons (Fsp3) is 0.263. The Morgan fingerprint density at radius 2 is 2.04 bits per heavy atom. The molecule has 5 nitrogen and oxygen atoms in total. The average molecular weight is 400 g/mol. The highest BCUT2D eigenvalue weighted by Gasteiger charge is 2.56. The number of nitrogens with two attached hydrogens (primary N) is 1. The highest BCUT2D eigenvalue weighted by Crippen LogP contribution is 2.52. The highest BCUT2D eigenvalue weighted by atomic mass is 79.9. The third kappa shape index (κ3) is 2.35. The summed E-state index contributed by atoms with van der Waals surface area (Å²) in [5.41, 5.74) is 5.90. The summed E-state index contributed by atoms with van der Waals surface area (Å²) < 4.78 is 7.34. The van der Waals surface area contributed by atoms with Gasteiger partial charge in [0.25, 0.3) is 5.91 Å². The van der Waals surface area contributed by atoms with E-state index in [-0.39, 0.29) is 11.9 Å². The maximum atomic E-state index is 12.9. The van der Waals surface area contributed by atoms with Gasteiger partial charge in [-0.05, 0) is 30.2 Å². The van der Waals surface area contributed by atoms with Crippen molar-refractivity contribution in [2.75, 3.05) is 0 Å². The van der Waals surface area contributed by atoms with Crippen LogP contribution in [-0.2, 0) is 15.9 Å². The Balaban J connectivity index is 1.96. The molecule has 2 aromatic rings. The molecule has 0 fully saturated rings. The quantitative estimate of drug-likeness (QED) is 0.813. The molecule has 2 aliphatic heterocycles. The zero-order chi connectivity index (χ0) is 17.7. The minimum absolute atomic E-state index is 0.149. The van der Waals surface area contributed by atoms with Gasteiger partial charge in [0.2, 0.25) is 0 Å². The second-order valence-corrected chi connectivity index (χ2v) is 7.36. The van der Waals surface area contributed by atoms with Crippen LogP contribution in [0, 0.1) is 0 Å². The van der Waals surface area contributed by atoms with Crippen LogP contribution in [0.3, 0.4) is 0 Å². The molecule has 2 atom stereocenters. The molecule has 6 heteroatoms. The number of carbonyl (C=O) groups is 1. The average Bonchev–Trinajstić information content (AvgIpc) is 2.90. The van der Waals surface area contributed by atoms with Gasteiger partial charge in [0.15, 0.2) is 11.5 Å². The Labute approximate surface area is 154 Å². The van der Waals surface area contributed by atoms with Crippen LogP contribution in [0.15, 0.2) is 58.0 Å². The Bertz CT molecular complexity index is 883. The Kier molecular flexibility index (Phi) is 3.61. The highest BCUT2D eigenvalue weighted by molar-refractivity contribution is 9.10. The van der Waals surface area contributed by atoms with Gasteiger partial charge in [0.05, 0.1) is 0 Å². The van der Waals surface area contributed by atoms with Crippen LogP contribution in [0.4, 0.5) is 0 Å². The van der Waals surface area contributed by atoms with Crippen LogP contribution in [0.2, 0.25) is 0 Å². The van der Waals surface area contributed by atoms with E-state index in [4.69, 9.17) is 10.5 Å². The molecule has 0 radical (unpaired) electrons. The number of guanidine groups is 1. The van der Waals surface area contributed by atoms with Crippen LogP contribution in [-0.4, -0.2) is 11.9 Å². The lowest BCUT2D eigenvalue weighted by Gasteiger charge is -2.44. The van der Waals surface area contributed by atoms with Crippen molar-refractivity contribution in [1.82, 2.24) is 5.32 Å². The molecule has 0 saturated carbocycles. The molecule has 3 N–H and O–H groups in total. The summed E-state index contributed by atoms with van der Waals surface area (Å²) >= 11 is 3.48. The molecular formula is C19H18BrN3O2. The predicted octanol–water partition coefficient (Wildman–Crippen LogP) is 3.18. The lowest BCUT2D eigenvalue weighted by molar-refractivity contribution is -0.128. The summed E-state index contributed by atoms with van der Waals surface area (Å²) in [6.07, 6.45) is 1.10. The van der Waals surface area contributed by atoms with Gasteiger partial charge in [-0.25, -0.2) is 4.99 Å². The number of aliphatic imine (C=N–C) groups is 1. The summed E-state index contributed by atoms with van der Waals surface area (Å²) in [6.45, 7) is 2.06. The molecule has 25 heavy (non-hydrogen) atoms. The minimum atomic E-state index is -1.08. The molecule has 0 aliphatic carbocycles. The normalized spacial score (nSPS) is 27.4. The minimum Gasteiger partial charge on any atom is -0.482 e. The predicted molar refractivity (Wildman–Crippen MR) is 99.2 cm³/mol. The first kappa shape index (κ1) is 16.1. The maximum absolute atomic E-state index is 12.9. The molecule has 0 saturated heterocycles. The summed E-state index contributed by atoms with van der Waals surface area (Å²) in [5.74, 6) is 0.603. The summed E-state index contributed by atoms with van der Waals surface area (Å²) in [5, 5.41) is 2.67. The molecule has 1 unspecified atom stereocenters. The zero-order valence-electron chi connectivity index (χ0n) is 13.8. The van der Waals surface area contributed by atoms with Gasteiger partial charge in [-0.1, -0.05) is 53.2 Å². The number of hydrogen-bond acceptors (Lipinski definition) is 4. The number of nitrogens with one attached hydrogen (secondary N) is 1. The van der Waals surface area contributed by atoms with Crippen molar-refractivity contribution < 1.29 is 9.53 Å². The van der Waals surface area contributed by atoms with Crippen molar-refractivity contribution in [3.63, 3.8) is 0 Å². The number of ether oxygens (including phenoxy) is 1. The topological polar surface area (TPSA) is 76.7 Å². The first-order chi connectivity index (χ1) is 12.0. The van der Waals surface area contributed by atoms with E-state index in [0.29, 0.717) is 18.6 Å². The van der Waals surface area contributed by atoms with Crippen molar-refractivity contribution in [2.24, 2.45) is 10.7 Å². The molecule has 1 amide bonds. The van der Waals surface area contributed by atoms with E-state index in [1.807, 2.05) is 48.5 Å². The van der Waals surface area contributed by atoms with E-state index >= 15 is 0 Å². The molecular weight excluding hydrogens is 382 g/mol. The molecule has 2 heterocycles. The van der Waals surface area contributed by atoms with Crippen LogP contribution >= 0.6 is 15.9 Å². The Hall–Kier alpha value is -2.34. The summed E-state index contributed by atoms with van der Waals surface area (Å²) in [4.78, 5) is 17.4. The van der Waals surface area contributed by atoms with E-state index in [1.165, 1.54) is 0 Å². The molecule has 2 aliphatic rings. The van der Waals surface area contributed by atoms with Gasteiger partial charge < -0.3 is 10.5 Å². The lowest BCUT2D eigenvalue weighted by Crippen LogP contribution is -2.49. The van der Waals surface area contributed by atoms with E-state index in [1.54, 1.807) is 0 Å². The summed E-state index contributed by atoms with van der Waals surface area (Å²) in [6, 6.07) is 15.7. The first-order valence-electron chi connectivity index (χ1n) is 8.20. The van der Waals surface area contributed by atoms with E-state index in [0.717, 1.165) is 15.6 Å². The Morgan fingerprint density at radius 1 is 1.28 bits per heavy atom. The lowest BCUT2D eigenvalue weighted by atomic mass is 9.72. The maximum Gasteiger partial charge on any atom is 0.259 e. The summed E-state index contributed by atoms with van der Waals surface area (Å²) in [7, 11) is 0. The molecule has 4 rings (SSSR count). The fourth-order valence-corrected chi connectivity index (χ4v) is 4.14. The molecule has 2 aromatic carbocycles. The van der Waals surface area contributed by atoms with Gasteiger partial charge in [-0.2, -0.15) is 0 Å². The van der Waals surface area contributed by atoms with E-state index in [2.05, 4.69) is 33.2 Å². The van der Waals surface area contributed by atoms with Gasteiger partial charge in [-0.3, -0.25) is 10.1 Å². The molecule has 1 spiro atoms. The third-order valence-electron chi connectivity index (χ3n) is 5.03. The molecule has 128 valence electrons. The first-order valence-corrected chi connectivity index (χ1v) is 9.00. The monoisotopic (exact) mass is 399 g/mol. The van der Waals surface area contributed by atoms with Crippen molar-refractivity contribution in [3.8, 4) is 5.75 Å². The van der Waals surface area contributed by atoms with Crippen LogP contribution in [0.1, 0.15) is 30.9 Å². The van der Waals surface area contributed by atoms with Crippen LogP contribution in [0.25, 0.3) is 0 Å². The number of carbonyl (C=O) groups excluding carboxylic acids is 1. The van der Waals surface area contributed by atoms with Gasteiger partial charge in [-0.15, -0.1) is 0 Å². The van der Waals surface area contributed by atoms with Crippen molar-refractivity contribution in [3.05, 3.63) is 64.1 Å². The second kappa shape index (κ2) is 5.59. The largest absolute Gasteiger partial charge is 0.482 e. The molecule has 0 bridgehead atoms. The number of hydrogen-bond donors (Lipinski definition) is 2. The number of amides is 1. The number of fused-ring (bicyclic) bond motifs is 2. The van der Waals surface area contributed by atoms with Gasteiger partial charge in [0.1, 0.15) is 11.4 Å². The zero-order valence-corrected chi connectivity index (χ0v) is 15.3. The number of rotatable bonds is 2. The van der Waals surface area contributed by atoms with Crippen molar-refractivity contribution >= 4 is 27.8 Å². The molecule has 0 aromatic heterocycles. The second-order valence-electron chi connectivity index (χ2n) is 6.44. The number of nitrogens with zero attached hydrogens (tertiary/aromatic N) is 1. The smallest absolute Gasteiger partial charge is 0.259 e. The van der Waals surface area contributed by atoms with Crippen molar-refractivity contribution in [2.45, 2.75) is 30.9 Å². The number of halogens is 1. The van der Waals surface area contributed by atoms with Crippen molar-refractivity contribution in [1.29, 1.82) is 0 Å².